The van der Waals surface area contributed by atoms with E-state index in [0.29, 0.717) is 18.0 Å². The van der Waals surface area contributed by atoms with Gasteiger partial charge in [0.1, 0.15) is 0 Å². The highest BCUT2D eigenvalue weighted by atomic mass is 16.4. The number of aromatic nitrogens is 1. The minimum absolute atomic E-state index is 0.145. The second kappa shape index (κ2) is 5.67. The minimum Gasteiger partial charge on any atom is -0.478 e. The molecule has 108 valence electrons. The quantitative estimate of drug-likeness (QED) is 0.881. The summed E-state index contributed by atoms with van der Waals surface area (Å²) in [6.45, 7) is 6.19. The summed E-state index contributed by atoms with van der Waals surface area (Å²) in [4.78, 5) is 11.3. The van der Waals surface area contributed by atoms with Crippen molar-refractivity contribution in [2.75, 3.05) is 6.61 Å². The number of carboxylic acids is 1. The van der Waals surface area contributed by atoms with Crippen LogP contribution in [0, 0.1) is 6.92 Å². The summed E-state index contributed by atoms with van der Waals surface area (Å²) in [5.74, 6) is -0.894. The highest BCUT2D eigenvalue weighted by Crippen LogP contribution is 2.28. The van der Waals surface area contributed by atoms with E-state index >= 15 is 0 Å². The fourth-order valence-corrected chi connectivity index (χ4v) is 2.60. The normalized spacial score (nSPS) is 11.4. The number of aliphatic hydroxyl groups is 1. The SMILES string of the molecule is Cc1cc2c(cc1C(=O)O)c(CCCO)cn2C(C)C. The van der Waals surface area contributed by atoms with Crippen molar-refractivity contribution < 1.29 is 15.0 Å². The fourth-order valence-electron chi connectivity index (χ4n) is 2.60. The molecule has 0 unspecified atom stereocenters. The van der Waals surface area contributed by atoms with Gasteiger partial charge in [-0.1, -0.05) is 0 Å². The van der Waals surface area contributed by atoms with Gasteiger partial charge in [0.25, 0.3) is 0 Å². The second-order valence-corrected chi connectivity index (χ2v) is 5.47. The number of rotatable bonds is 5. The Morgan fingerprint density at radius 2 is 2.05 bits per heavy atom. The first-order valence-electron chi connectivity index (χ1n) is 6.94. The molecule has 0 aliphatic carbocycles. The molecule has 1 heterocycles. The van der Waals surface area contributed by atoms with Gasteiger partial charge in [0.2, 0.25) is 0 Å². The second-order valence-electron chi connectivity index (χ2n) is 5.47. The van der Waals surface area contributed by atoms with E-state index in [1.807, 2.05) is 13.0 Å². The molecule has 1 aromatic carbocycles. The van der Waals surface area contributed by atoms with Crippen LogP contribution in [0.15, 0.2) is 18.3 Å². The Labute approximate surface area is 118 Å². The number of carbonyl (C=O) groups is 1. The monoisotopic (exact) mass is 275 g/mol. The zero-order valence-corrected chi connectivity index (χ0v) is 12.2. The molecule has 0 saturated carbocycles. The van der Waals surface area contributed by atoms with Crippen LogP contribution in [0.4, 0.5) is 0 Å². The molecule has 0 fully saturated rings. The maximum Gasteiger partial charge on any atom is 0.335 e. The van der Waals surface area contributed by atoms with Crippen LogP contribution in [0.2, 0.25) is 0 Å². The topological polar surface area (TPSA) is 62.5 Å². The third-order valence-corrected chi connectivity index (χ3v) is 3.65. The number of aromatic carboxylic acids is 1. The van der Waals surface area contributed by atoms with E-state index in [9.17, 15) is 9.90 Å². The fraction of sp³-hybridized carbons (Fsp3) is 0.438. The lowest BCUT2D eigenvalue weighted by Gasteiger charge is -2.10. The Balaban J connectivity index is 2.67. The van der Waals surface area contributed by atoms with Gasteiger partial charge in [-0.3, -0.25) is 0 Å². The molecule has 20 heavy (non-hydrogen) atoms. The van der Waals surface area contributed by atoms with Crippen LogP contribution >= 0.6 is 0 Å². The average molecular weight is 275 g/mol. The number of fused-ring (bicyclic) bond motifs is 1. The maximum atomic E-state index is 11.3. The molecular weight excluding hydrogens is 254 g/mol. The molecule has 0 amide bonds. The van der Waals surface area contributed by atoms with E-state index in [0.717, 1.165) is 28.5 Å². The lowest BCUT2D eigenvalue weighted by atomic mass is 10.0. The molecule has 1 aromatic heterocycles. The molecular formula is C16H21NO3. The first kappa shape index (κ1) is 14.6. The third-order valence-electron chi connectivity index (χ3n) is 3.65. The van der Waals surface area contributed by atoms with Crippen LogP contribution < -0.4 is 0 Å². The maximum absolute atomic E-state index is 11.3. The first-order valence-corrected chi connectivity index (χ1v) is 6.94. The molecule has 0 aliphatic rings. The lowest BCUT2D eigenvalue weighted by Crippen LogP contribution is -2.02. The minimum atomic E-state index is -0.894. The van der Waals surface area contributed by atoms with Crippen molar-refractivity contribution in [1.29, 1.82) is 0 Å². The average Bonchev–Trinajstić information content (AvgIpc) is 2.73. The summed E-state index contributed by atoms with van der Waals surface area (Å²) < 4.78 is 2.17. The molecule has 2 N–H and O–H groups in total. The van der Waals surface area contributed by atoms with Gasteiger partial charge in [-0.2, -0.15) is 0 Å². The summed E-state index contributed by atoms with van der Waals surface area (Å²) >= 11 is 0. The van der Waals surface area contributed by atoms with Crippen LogP contribution in [0.3, 0.4) is 0 Å². The van der Waals surface area contributed by atoms with Crippen molar-refractivity contribution in [3.8, 4) is 0 Å². The number of benzene rings is 1. The Bertz CT molecular complexity index is 641. The summed E-state index contributed by atoms with van der Waals surface area (Å²) in [5.41, 5.74) is 3.30. The summed E-state index contributed by atoms with van der Waals surface area (Å²) in [6, 6.07) is 4.02. The van der Waals surface area contributed by atoms with Crippen molar-refractivity contribution in [3.05, 3.63) is 35.0 Å². The molecule has 0 radical (unpaired) electrons. The van der Waals surface area contributed by atoms with Crippen LogP contribution in [0.25, 0.3) is 10.9 Å². The zero-order chi connectivity index (χ0) is 14.9. The predicted molar refractivity (Wildman–Crippen MR) is 79.4 cm³/mol. The number of aliphatic hydroxyl groups excluding tert-OH is 1. The van der Waals surface area contributed by atoms with Gasteiger partial charge < -0.3 is 14.8 Å². The Morgan fingerprint density at radius 1 is 1.35 bits per heavy atom. The molecule has 4 nitrogen and oxygen atoms in total. The van der Waals surface area contributed by atoms with Crippen molar-refractivity contribution in [2.45, 2.75) is 39.7 Å². The van der Waals surface area contributed by atoms with Crippen molar-refractivity contribution in [1.82, 2.24) is 4.57 Å². The van der Waals surface area contributed by atoms with E-state index in [1.165, 1.54) is 0 Å². The molecule has 4 heteroatoms. The molecule has 2 aromatic rings. The van der Waals surface area contributed by atoms with E-state index < -0.39 is 5.97 Å². The lowest BCUT2D eigenvalue weighted by molar-refractivity contribution is 0.0696. The van der Waals surface area contributed by atoms with E-state index in [4.69, 9.17) is 5.11 Å². The van der Waals surface area contributed by atoms with Gasteiger partial charge in [0, 0.05) is 29.7 Å². The first-order chi connectivity index (χ1) is 9.45. The smallest absolute Gasteiger partial charge is 0.335 e. The Hall–Kier alpha value is -1.81. The van der Waals surface area contributed by atoms with Crippen LogP contribution in [-0.2, 0) is 6.42 Å². The van der Waals surface area contributed by atoms with Gasteiger partial charge in [-0.25, -0.2) is 4.79 Å². The highest BCUT2D eigenvalue weighted by molar-refractivity contribution is 5.96. The summed E-state index contributed by atoms with van der Waals surface area (Å²) in [7, 11) is 0. The predicted octanol–water partition coefficient (Wildman–Crippen LogP) is 3.15. The van der Waals surface area contributed by atoms with Crippen LogP contribution in [-0.4, -0.2) is 27.4 Å². The zero-order valence-electron chi connectivity index (χ0n) is 12.2. The number of hydrogen-bond acceptors (Lipinski definition) is 2. The standard InChI is InChI=1S/C16H21NO3/c1-10(2)17-9-12(5-4-6-18)14-8-13(16(19)20)11(3)7-15(14)17/h7-10,18H,4-6H2,1-3H3,(H,19,20). The Kier molecular flexibility index (Phi) is 4.14. The molecule has 0 spiro atoms. The molecule has 0 aliphatic heterocycles. The molecule has 2 rings (SSSR count). The van der Waals surface area contributed by atoms with Gasteiger partial charge in [-0.15, -0.1) is 0 Å². The van der Waals surface area contributed by atoms with Gasteiger partial charge in [-0.05, 0) is 56.9 Å². The van der Waals surface area contributed by atoms with Crippen molar-refractivity contribution in [2.24, 2.45) is 0 Å². The molecule has 0 atom stereocenters. The van der Waals surface area contributed by atoms with Crippen LogP contribution in [0.5, 0.6) is 0 Å². The molecule has 0 bridgehead atoms. The Morgan fingerprint density at radius 3 is 2.60 bits per heavy atom. The van der Waals surface area contributed by atoms with Crippen molar-refractivity contribution >= 4 is 16.9 Å². The summed E-state index contributed by atoms with van der Waals surface area (Å²) in [5, 5.41) is 19.2. The van der Waals surface area contributed by atoms with Gasteiger partial charge in [0.15, 0.2) is 0 Å². The number of aryl methyl sites for hydroxylation is 2. The van der Waals surface area contributed by atoms with E-state index in [1.54, 1.807) is 6.07 Å². The number of nitrogens with zero attached hydrogens (tertiary/aromatic N) is 1. The van der Waals surface area contributed by atoms with Gasteiger partial charge in [0.05, 0.1) is 5.56 Å². The number of hydrogen-bond donors (Lipinski definition) is 2. The summed E-state index contributed by atoms with van der Waals surface area (Å²) in [6.07, 6.45) is 3.53. The highest BCUT2D eigenvalue weighted by Gasteiger charge is 2.15. The van der Waals surface area contributed by atoms with Crippen molar-refractivity contribution in [3.63, 3.8) is 0 Å². The van der Waals surface area contributed by atoms with E-state index in [-0.39, 0.29) is 6.61 Å². The molecule has 0 saturated heterocycles. The van der Waals surface area contributed by atoms with Gasteiger partial charge >= 0.3 is 5.97 Å². The third kappa shape index (κ3) is 2.56. The largest absolute Gasteiger partial charge is 0.478 e. The van der Waals surface area contributed by atoms with Crippen LogP contribution in [0.1, 0.15) is 47.8 Å². The number of carboxylic acid groups (broad SMARTS) is 1. The van der Waals surface area contributed by atoms with E-state index in [2.05, 4.69) is 24.6 Å².